The van der Waals surface area contributed by atoms with Crippen LogP contribution < -0.4 is 5.32 Å². The number of amides is 1. The quantitative estimate of drug-likeness (QED) is 0.709. The van der Waals surface area contributed by atoms with Crippen molar-refractivity contribution in [2.45, 2.75) is 21.0 Å². The van der Waals surface area contributed by atoms with E-state index in [0.29, 0.717) is 5.02 Å². The van der Waals surface area contributed by atoms with Crippen LogP contribution >= 0.6 is 46.4 Å². The highest BCUT2D eigenvalue weighted by molar-refractivity contribution is 7.92. The van der Waals surface area contributed by atoms with Gasteiger partial charge in [0, 0.05) is 10.6 Å². The molecule has 0 saturated heterocycles. The van der Waals surface area contributed by atoms with E-state index in [1.165, 1.54) is 36.4 Å². The Morgan fingerprint density at radius 1 is 1.00 bits per heavy atom. The average molecular weight is 441 g/mol. The highest BCUT2D eigenvalue weighted by Crippen LogP contribution is 2.36. The molecule has 0 bridgehead atoms. The third-order valence-electron chi connectivity index (χ3n) is 3.33. The Labute approximate surface area is 165 Å². The van der Waals surface area contributed by atoms with E-state index in [-0.39, 0.29) is 10.5 Å². The zero-order chi connectivity index (χ0) is 18.8. The SMILES string of the molecule is Cc1ccc(S(=O)(=O)C(NC(=O)c2ccc(Cl)cc2)C(Cl)(Cl)Cl)cc1. The van der Waals surface area contributed by atoms with Crippen LogP contribution in [0.15, 0.2) is 53.4 Å². The molecule has 0 radical (unpaired) electrons. The molecule has 0 saturated carbocycles. The minimum Gasteiger partial charge on any atom is -0.332 e. The van der Waals surface area contributed by atoms with Gasteiger partial charge in [-0.25, -0.2) is 8.42 Å². The number of alkyl halides is 3. The topological polar surface area (TPSA) is 63.2 Å². The third-order valence-corrected chi connectivity index (χ3v) is 6.64. The molecule has 0 aliphatic carbocycles. The molecular formula is C16H13Cl4NO3S. The summed E-state index contributed by atoms with van der Waals surface area (Å²) in [6.45, 7) is 1.81. The number of sulfone groups is 1. The zero-order valence-electron chi connectivity index (χ0n) is 12.8. The number of hydrogen-bond acceptors (Lipinski definition) is 3. The average Bonchev–Trinajstić information content (AvgIpc) is 2.52. The Kier molecular flexibility index (Phi) is 6.28. The van der Waals surface area contributed by atoms with Crippen LogP contribution in [0.25, 0.3) is 0 Å². The molecule has 4 nitrogen and oxygen atoms in total. The van der Waals surface area contributed by atoms with Gasteiger partial charge in [0.1, 0.15) is 0 Å². The molecule has 2 rings (SSSR count). The Balaban J connectivity index is 2.38. The summed E-state index contributed by atoms with van der Waals surface area (Å²) in [5.41, 5.74) is 1.05. The van der Waals surface area contributed by atoms with Gasteiger partial charge in [0.2, 0.25) is 13.6 Å². The van der Waals surface area contributed by atoms with E-state index in [9.17, 15) is 13.2 Å². The molecule has 1 amide bonds. The molecule has 0 fully saturated rings. The summed E-state index contributed by atoms with van der Waals surface area (Å²) in [5, 5.41) is 0.945. The first kappa shape index (κ1) is 20.3. The summed E-state index contributed by atoms with van der Waals surface area (Å²) in [5.74, 6) is -0.705. The van der Waals surface area contributed by atoms with Gasteiger partial charge in [0.15, 0.2) is 5.37 Å². The normalized spacial score (nSPS) is 13.3. The monoisotopic (exact) mass is 439 g/mol. The molecule has 0 aliphatic heterocycles. The second-order valence-corrected chi connectivity index (χ2v) is 10.1. The maximum absolute atomic E-state index is 12.8. The lowest BCUT2D eigenvalue weighted by Crippen LogP contribution is -2.49. The number of halogens is 4. The predicted octanol–water partition coefficient (Wildman–Crippen LogP) is 4.55. The van der Waals surface area contributed by atoms with Crippen molar-refractivity contribution in [3.63, 3.8) is 0 Å². The van der Waals surface area contributed by atoms with Gasteiger partial charge in [0.05, 0.1) is 4.90 Å². The second kappa shape index (κ2) is 7.72. The molecule has 2 aromatic carbocycles. The van der Waals surface area contributed by atoms with Gasteiger partial charge in [0.25, 0.3) is 5.91 Å². The second-order valence-electron chi connectivity index (χ2n) is 5.26. The fourth-order valence-corrected chi connectivity index (χ4v) is 4.75. The van der Waals surface area contributed by atoms with E-state index >= 15 is 0 Å². The molecule has 1 atom stereocenters. The largest absolute Gasteiger partial charge is 0.332 e. The summed E-state index contributed by atoms with van der Waals surface area (Å²) in [6.07, 6.45) is 0. The lowest BCUT2D eigenvalue weighted by atomic mass is 10.2. The summed E-state index contributed by atoms with van der Waals surface area (Å²) < 4.78 is 23.4. The van der Waals surface area contributed by atoms with Gasteiger partial charge < -0.3 is 5.32 Å². The smallest absolute Gasteiger partial charge is 0.252 e. The molecule has 0 heterocycles. The first-order valence-electron chi connectivity index (χ1n) is 6.95. The molecule has 25 heavy (non-hydrogen) atoms. The van der Waals surface area contributed by atoms with Crippen molar-refractivity contribution in [2.75, 3.05) is 0 Å². The Hall–Kier alpha value is -0.980. The van der Waals surface area contributed by atoms with Gasteiger partial charge in [-0.2, -0.15) is 0 Å². The number of nitrogens with one attached hydrogen (secondary N) is 1. The van der Waals surface area contributed by atoms with Crippen LogP contribution in [-0.4, -0.2) is 23.5 Å². The van der Waals surface area contributed by atoms with Crippen LogP contribution in [0.4, 0.5) is 0 Å². The van der Waals surface area contributed by atoms with Crippen molar-refractivity contribution >= 4 is 62.1 Å². The molecule has 2 aromatic rings. The number of benzene rings is 2. The van der Waals surface area contributed by atoms with Crippen LogP contribution in [-0.2, 0) is 9.84 Å². The van der Waals surface area contributed by atoms with E-state index in [2.05, 4.69) is 5.32 Å². The van der Waals surface area contributed by atoms with Gasteiger partial charge >= 0.3 is 0 Å². The summed E-state index contributed by atoms with van der Waals surface area (Å²) in [7, 11) is -4.14. The van der Waals surface area contributed by atoms with Crippen molar-refractivity contribution in [1.29, 1.82) is 0 Å². The molecule has 1 N–H and O–H groups in total. The van der Waals surface area contributed by atoms with E-state index in [0.717, 1.165) is 5.56 Å². The number of hydrogen-bond donors (Lipinski definition) is 1. The molecule has 9 heteroatoms. The Bertz CT molecular complexity index is 860. The van der Waals surface area contributed by atoms with Crippen LogP contribution in [0, 0.1) is 6.92 Å². The van der Waals surface area contributed by atoms with Gasteiger partial charge in [-0.1, -0.05) is 64.1 Å². The zero-order valence-corrected chi connectivity index (χ0v) is 16.7. The fourth-order valence-electron chi connectivity index (χ4n) is 2.00. The van der Waals surface area contributed by atoms with Gasteiger partial charge in [-0.05, 0) is 43.3 Å². The molecule has 0 aliphatic rings. The third kappa shape index (κ3) is 5.02. The fraction of sp³-hybridized carbons (Fsp3) is 0.188. The van der Waals surface area contributed by atoms with E-state index in [1.807, 2.05) is 6.92 Å². The minimum atomic E-state index is -4.14. The van der Waals surface area contributed by atoms with Crippen molar-refractivity contribution in [2.24, 2.45) is 0 Å². The summed E-state index contributed by atoms with van der Waals surface area (Å²) >= 11 is 23.3. The highest BCUT2D eigenvalue weighted by Gasteiger charge is 2.44. The molecular weight excluding hydrogens is 428 g/mol. The van der Waals surface area contributed by atoms with Crippen molar-refractivity contribution in [3.05, 3.63) is 64.7 Å². The first-order chi connectivity index (χ1) is 11.5. The van der Waals surface area contributed by atoms with Crippen LogP contribution in [0.1, 0.15) is 15.9 Å². The Morgan fingerprint density at radius 2 is 1.52 bits per heavy atom. The van der Waals surface area contributed by atoms with E-state index in [1.54, 1.807) is 12.1 Å². The van der Waals surface area contributed by atoms with E-state index in [4.69, 9.17) is 46.4 Å². The predicted molar refractivity (Wildman–Crippen MR) is 101 cm³/mol. The number of carbonyl (C=O) groups is 1. The molecule has 0 aromatic heterocycles. The van der Waals surface area contributed by atoms with Crippen molar-refractivity contribution in [1.82, 2.24) is 5.32 Å². The standard InChI is InChI=1S/C16H13Cl4NO3S/c1-10-2-8-13(9-3-10)25(23,24)15(16(18,19)20)21-14(22)11-4-6-12(17)7-5-11/h2-9,15H,1H3,(H,21,22). The minimum absolute atomic E-state index is 0.0640. The molecule has 134 valence electrons. The first-order valence-corrected chi connectivity index (χ1v) is 10.0. The molecule has 1 unspecified atom stereocenters. The lowest BCUT2D eigenvalue weighted by Gasteiger charge is -2.25. The number of aryl methyl sites for hydroxylation is 1. The maximum atomic E-state index is 12.8. The highest BCUT2D eigenvalue weighted by atomic mass is 35.6. The van der Waals surface area contributed by atoms with Crippen molar-refractivity contribution in [3.8, 4) is 0 Å². The Morgan fingerprint density at radius 3 is 2.00 bits per heavy atom. The van der Waals surface area contributed by atoms with Gasteiger partial charge in [-0.3, -0.25) is 4.79 Å². The van der Waals surface area contributed by atoms with Crippen LogP contribution in [0.3, 0.4) is 0 Å². The lowest BCUT2D eigenvalue weighted by molar-refractivity contribution is 0.0948. The van der Waals surface area contributed by atoms with Gasteiger partial charge in [-0.15, -0.1) is 0 Å². The summed E-state index contributed by atoms with van der Waals surface area (Å²) in [6, 6.07) is 11.9. The van der Waals surface area contributed by atoms with E-state index < -0.39 is 24.9 Å². The molecule has 0 spiro atoms. The van der Waals surface area contributed by atoms with Crippen LogP contribution in [0.5, 0.6) is 0 Å². The van der Waals surface area contributed by atoms with Crippen molar-refractivity contribution < 1.29 is 13.2 Å². The number of rotatable bonds is 4. The maximum Gasteiger partial charge on any atom is 0.252 e. The number of carbonyl (C=O) groups excluding carboxylic acids is 1. The van der Waals surface area contributed by atoms with Crippen LogP contribution in [0.2, 0.25) is 5.02 Å². The summed E-state index contributed by atoms with van der Waals surface area (Å²) in [4.78, 5) is 12.3.